The van der Waals surface area contributed by atoms with Crippen LogP contribution in [-0.4, -0.2) is 37.0 Å². The topological polar surface area (TPSA) is 81.8 Å². The lowest BCUT2D eigenvalue weighted by molar-refractivity contribution is -0.0181. The molecule has 1 aromatic carbocycles. The number of nitrogens with two attached hydrogens (primary N) is 1. The largest absolute Gasteiger partial charge is 0.386 e. The molecule has 2 heterocycles. The van der Waals surface area contributed by atoms with Crippen LogP contribution < -0.4 is 5.73 Å². The summed E-state index contributed by atoms with van der Waals surface area (Å²) in [6.07, 6.45) is -0.00691. The van der Waals surface area contributed by atoms with Gasteiger partial charge in [-0.2, -0.15) is 0 Å². The van der Waals surface area contributed by atoms with Crippen LogP contribution in [0.5, 0.6) is 0 Å². The van der Waals surface area contributed by atoms with Gasteiger partial charge in [0.05, 0.1) is 18.0 Å². The van der Waals surface area contributed by atoms with Gasteiger partial charge in [-0.3, -0.25) is 4.99 Å². The van der Waals surface area contributed by atoms with Crippen molar-refractivity contribution in [1.29, 1.82) is 0 Å². The van der Waals surface area contributed by atoms with Gasteiger partial charge < -0.3 is 10.5 Å². The Kier molecular flexibility index (Phi) is 4.09. The van der Waals surface area contributed by atoms with E-state index in [2.05, 4.69) is 20.9 Å². The minimum atomic E-state index is -3.70. The molecule has 0 amide bonds. The Balaban J connectivity index is 2.34. The Labute approximate surface area is 149 Å². The number of benzene rings is 1. The monoisotopic (exact) mass is 418 g/mol. The van der Waals surface area contributed by atoms with E-state index < -0.39 is 31.2 Å². The van der Waals surface area contributed by atoms with Crippen molar-refractivity contribution in [3.63, 3.8) is 0 Å². The lowest BCUT2D eigenvalue weighted by Gasteiger charge is -2.49. The second kappa shape index (κ2) is 5.51. The highest BCUT2D eigenvalue weighted by Crippen LogP contribution is 2.48. The van der Waals surface area contributed by atoms with E-state index in [9.17, 15) is 12.8 Å². The van der Waals surface area contributed by atoms with Gasteiger partial charge in [0.15, 0.2) is 9.84 Å². The fourth-order valence-corrected chi connectivity index (χ4v) is 6.10. The molecule has 1 aromatic rings. The van der Waals surface area contributed by atoms with E-state index in [0.717, 1.165) is 0 Å². The van der Waals surface area contributed by atoms with Crippen LogP contribution in [0.3, 0.4) is 0 Å². The third-order valence-electron chi connectivity index (χ3n) is 5.08. The number of halogens is 2. The number of fused-ring (bicyclic) bond motifs is 1. The molecule has 8 heteroatoms. The summed E-state index contributed by atoms with van der Waals surface area (Å²) < 4.78 is 46.2. The van der Waals surface area contributed by atoms with Crippen LogP contribution >= 0.6 is 15.9 Å². The number of aliphatic imine (C=N–C) groups is 1. The van der Waals surface area contributed by atoms with Gasteiger partial charge in [0.25, 0.3) is 0 Å². The Hall–Kier alpha value is -0.990. The van der Waals surface area contributed by atoms with Crippen LogP contribution in [0.25, 0.3) is 0 Å². The highest BCUT2D eigenvalue weighted by atomic mass is 79.9. The maximum absolute atomic E-state index is 14.6. The number of nitrogens with zero attached hydrogens (tertiary/aromatic N) is 1. The summed E-state index contributed by atoms with van der Waals surface area (Å²) in [5, 5.41) is -0.889. The van der Waals surface area contributed by atoms with Crippen LogP contribution in [0.2, 0.25) is 0 Å². The molecule has 3 rings (SSSR count). The number of hydrogen-bond acceptors (Lipinski definition) is 5. The van der Waals surface area contributed by atoms with Crippen molar-refractivity contribution in [3.8, 4) is 0 Å². The molecule has 0 spiro atoms. The molecule has 2 N–H and O–H groups in total. The number of hydrogen-bond donors (Lipinski definition) is 1. The molecule has 5 nitrogen and oxygen atoms in total. The maximum atomic E-state index is 14.6. The summed E-state index contributed by atoms with van der Waals surface area (Å²) in [5.41, 5.74) is 4.85. The van der Waals surface area contributed by atoms with Gasteiger partial charge in [-0.25, -0.2) is 12.8 Å². The Bertz CT molecular complexity index is 825. The molecule has 2 aliphatic rings. The Morgan fingerprint density at radius 1 is 1.42 bits per heavy atom. The lowest BCUT2D eigenvalue weighted by atomic mass is 9.82. The average Bonchev–Trinajstić information content (AvgIpc) is 2.50. The lowest BCUT2D eigenvalue weighted by Crippen LogP contribution is -2.64. The van der Waals surface area contributed by atoms with Gasteiger partial charge in [0, 0.05) is 10.0 Å². The normalized spacial score (nSPS) is 34.3. The van der Waals surface area contributed by atoms with Crippen molar-refractivity contribution in [2.24, 2.45) is 10.7 Å². The molecule has 1 saturated heterocycles. The van der Waals surface area contributed by atoms with Gasteiger partial charge in [-0.05, 0) is 45.4 Å². The second-order valence-corrected chi connectivity index (χ2v) is 10.5. The summed E-state index contributed by atoms with van der Waals surface area (Å²) in [4.78, 5) is 4.52. The van der Waals surface area contributed by atoms with Gasteiger partial charge >= 0.3 is 0 Å². The highest BCUT2D eigenvalue weighted by Gasteiger charge is 2.61. The van der Waals surface area contributed by atoms with Gasteiger partial charge in [-0.15, -0.1) is 0 Å². The van der Waals surface area contributed by atoms with E-state index in [1.165, 1.54) is 6.07 Å². The van der Waals surface area contributed by atoms with Crippen molar-refractivity contribution < 1.29 is 17.5 Å². The highest BCUT2D eigenvalue weighted by molar-refractivity contribution is 9.10. The van der Waals surface area contributed by atoms with Crippen molar-refractivity contribution >= 4 is 31.6 Å². The first-order chi connectivity index (χ1) is 11.0. The minimum Gasteiger partial charge on any atom is -0.386 e. The summed E-state index contributed by atoms with van der Waals surface area (Å²) in [5.74, 6) is -0.538. The molecule has 0 aliphatic carbocycles. The molecule has 0 bridgehead atoms. The van der Waals surface area contributed by atoms with Gasteiger partial charge in [-0.1, -0.05) is 15.9 Å². The molecular weight excluding hydrogens is 399 g/mol. The smallest absolute Gasteiger partial charge is 0.168 e. The van der Waals surface area contributed by atoms with Crippen molar-refractivity contribution in [1.82, 2.24) is 0 Å². The van der Waals surface area contributed by atoms with Crippen molar-refractivity contribution in [3.05, 3.63) is 34.1 Å². The molecule has 0 radical (unpaired) electrons. The molecule has 0 saturated carbocycles. The zero-order chi connectivity index (χ0) is 17.9. The van der Waals surface area contributed by atoms with Crippen LogP contribution in [0.1, 0.15) is 32.8 Å². The third kappa shape index (κ3) is 2.34. The van der Waals surface area contributed by atoms with E-state index in [-0.39, 0.29) is 30.5 Å². The minimum absolute atomic E-state index is 0.0173. The SMILES string of the molecule is CC1CC2C(c3cc(Br)ccc3F)(CO1)N=C(N)C(C)(C)S2(=O)=O. The number of sulfone groups is 1. The maximum Gasteiger partial charge on any atom is 0.168 e. The molecule has 1 fully saturated rings. The van der Waals surface area contributed by atoms with Gasteiger partial charge in [0.2, 0.25) is 0 Å². The Morgan fingerprint density at radius 2 is 2.08 bits per heavy atom. The Morgan fingerprint density at radius 3 is 2.75 bits per heavy atom. The van der Waals surface area contributed by atoms with E-state index in [1.807, 2.05) is 6.92 Å². The first-order valence-corrected chi connectivity index (χ1v) is 10.0. The van der Waals surface area contributed by atoms with E-state index in [1.54, 1.807) is 26.0 Å². The van der Waals surface area contributed by atoms with Crippen molar-refractivity contribution in [2.45, 2.75) is 48.8 Å². The molecule has 3 unspecified atom stereocenters. The molecule has 24 heavy (non-hydrogen) atoms. The summed E-state index contributed by atoms with van der Waals surface area (Å²) in [7, 11) is -3.70. The average molecular weight is 419 g/mol. The molecule has 132 valence electrons. The summed E-state index contributed by atoms with van der Waals surface area (Å²) in [6, 6.07) is 4.42. The van der Waals surface area contributed by atoms with Crippen LogP contribution in [0, 0.1) is 5.82 Å². The zero-order valence-corrected chi connectivity index (χ0v) is 16.1. The number of rotatable bonds is 1. The summed E-state index contributed by atoms with van der Waals surface area (Å²) in [6.45, 7) is 4.87. The zero-order valence-electron chi connectivity index (χ0n) is 13.7. The fraction of sp³-hybridized carbons (Fsp3) is 0.562. The molecule has 0 aromatic heterocycles. The van der Waals surface area contributed by atoms with E-state index in [0.29, 0.717) is 4.47 Å². The standard InChI is InChI=1S/C16H20BrFN2O3S/c1-9-6-13-16(8-23-9,11-7-10(17)4-5-12(11)18)20-14(19)15(2,3)24(13,21)22/h4-5,7,9,13H,6,8H2,1-3H3,(H2,19,20). The van der Waals surface area contributed by atoms with E-state index >= 15 is 0 Å². The molecular formula is C16H20BrFN2O3S. The van der Waals surface area contributed by atoms with Crippen LogP contribution in [-0.2, 0) is 20.1 Å². The number of amidine groups is 1. The second-order valence-electron chi connectivity index (χ2n) is 6.95. The third-order valence-corrected chi connectivity index (χ3v) is 8.54. The van der Waals surface area contributed by atoms with Crippen LogP contribution in [0.4, 0.5) is 4.39 Å². The predicted octanol–water partition coefficient (Wildman–Crippen LogP) is 2.53. The first-order valence-electron chi connectivity index (χ1n) is 7.69. The quantitative estimate of drug-likeness (QED) is 0.759. The molecule has 3 atom stereocenters. The number of ether oxygens (including phenoxy) is 1. The molecule has 2 aliphatic heterocycles. The van der Waals surface area contributed by atoms with Gasteiger partial charge in [0.1, 0.15) is 21.9 Å². The fourth-order valence-electron chi connectivity index (χ4n) is 3.41. The van der Waals surface area contributed by atoms with E-state index in [4.69, 9.17) is 10.5 Å². The van der Waals surface area contributed by atoms with Crippen LogP contribution in [0.15, 0.2) is 27.7 Å². The predicted molar refractivity (Wildman–Crippen MR) is 94.2 cm³/mol. The van der Waals surface area contributed by atoms with Crippen molar-refractivity contribution in [2.75, 3.05) is 6.61 Å². The summed E-state index contributed by atoms with van der Waals surface area (Å²) >= 11 is 3.32. The first kappa shape index (κ1) is 17.8.